The summed E-state index contributed by atoms with van der Waals surface area (Å²) in [5.41, 5.74) is 0.540. The maximum atomic E-state index is 11.9. The highest BCUT2D eigenvalue weighted by Gasteiger charge is 2.12. The third-order valence-electron chi connectivity index (χ3n) is 2.54. The molecule has 2 rings (SSSR count). The molecule has 1 heterocycles. The summed E-state index contributed by atoms with van der Waals surface area (Å²) in [5.74, 6) is -0.0841. The van der Waals surface area contributed by atoms with E-state index in [4.69, 9.17) is 4.74 Å². The molecule has 0 aliphatic carbocycles. The molecule has 0 aliphatic rings. The maximum absolute atomic E-state index is 11.9. The summed E-state index contributed by atoms with van der Waals surface area (Å²) < 4.78 is 4.97. The number of nitro benzene ring substituents is 1. The molecule has 102 valence electrons. The van der Waals surface area contributed by atoms with Crippen LogP contribution in [0, 0.1) is 10.1 Å². The molecule has 1 aromatic carbocycles. The Morgan fingerprint density at radius 1 is 1.30 bits per heavy atom. The number of hydrogen-bond acceptors (Lipinski definition) is 5. The van der Waals surface area contributed by atoms with Crippen molar-refractivity contribution in [2.24, 2.45) is 0 Å². The van der Waals surface area contributed by atoms with Gasteiger partial charge in [0.2, 0.25) is 0 Å². The minimum absolute atomic E-state index is 0.158. The van der Waals surface area contributed by atoms with Crippen molar-refractivity contribution < 1.29 is 14.5 Å². The van der Waals surface area contributed by atoms with E-state index in [0.717, 1.165) is 0 Å². The molecule has 1 amide bonds. The van der Waals surface area contributed by atoms with Gasteiger partial charge in [-0.25, -0.2) is 0 Å². The lowest BCUT2D eigenvalue weighted by Gasteiger charge is -2.07. The van der Waals surface area contributed by atoms with Crippen LogP contribution in [0.15, 0.2) is 42.7 Å². The normalized spacial score (nSPS) is 9.85. The van der Waals surface area contributed by atoms with Crippen molar-refractivity contribution in [2.75, 3.05) is 12.4 Å². The van der Waals surface area contributed by atoms with Crippen molar-refractivity contribution in [1.29, 1.82) is 0 Å². The van der Waals surface area contributed by atoms with Crippen molar-refractivity contribution in [1.82, 2.24) is 4.98 Å². The van der Waals surface area contributed by atoms with Gasteiger partial charge in [0, 0.05) is 30.1 Å². The number of ether oxygens (including phenoxy) is 1. The number of carbonyl (C=O) groups excluding carboxylic acids is 1. The first-order chi connectivity index (χ1) is 9.60. The molecule has 0 spiro atoms. The second-order valence-electron chi connectivity index (χ2n) is 3.87. The Bertz CT molecular complexity index is 643. The average molecular weight is 273 g/mol. The second kappa shape index (κ2) is 5.79. The zero-order valence-electron chi connectivity index (χ0n) is 10.6. The topological polar surface area (TPSA) is 94.4 Å². The van der Waals surface area contributed by atoms with Crippen molar-refractivity contribution in [3.05, 3.63) is 58.4 Å². The van der Waals surface area contributed by atoms with Gasteiger partial charge in [-0.2, -0.15) is 0 Å². The van der Waals surface area contributed by atoms with E-state index in [1.807, 2.05) is 0 Å². The summed E-state index contributed by atoms with van der Waals surface area (Å²) in [4.78, 5) is 26.0. The summed E-state index contributed by atoms with van der Waals surface area (Å²) in [6.07, 6.45) is 2.98. The Balaban J connectivity index is 2.27. The molecule has 0 radical (unpaired) electrons. The molecule has 20 heavy (non-hydrogen) atoms. The number of hydrogen-bond donors (Lipinski definition) is 1. The van der Waals surface area contributed by atoms with Crippen LogP contribution in [0.25, 0.3) is 0 Å². The fourth-order valence-corrected chi connectivity index (χ4v) is 1.59. The number of methoxy groups -OCH3 is 1. The van der Waals surface area contributed by atoms with Crippen LogP contribution in [0.2, 0.25) is 0 Å². The lowest BCUT2D eigenvalue weighted by molar-refractivity contribution is -0.384. The van der Waals surface area contributed by atoms with Gasteiger partial charge in [-0.15, -0.1) is 0 Å². The van der Waals surface area contributed by atoms with Gasteiger partial charge in [0.15, 0.2) is 0 Å². The van der Waals surface area contributed by atoms with Crippen LogP contribution in [0.4, 0.5) is 11.4 Å². The fourth-order valence-electron chi connectivity index (χ4n) is 1.59. The lowest BCUT2D eigenvalue weighted by Crippen LogP contribution is -2.12. The third kappa shape index (κ3) is 3.08. The van der Waals surface area contributed by atoms with E-state index in [1.54, 1.807) is 12.1 Å². The smallest absolute Gasteiger partial charge is 0.275 e. The number of aromatic nitrogens is 1. The van der Waals surface area contributed by atoms with Gasteiger partial charge in [0.25, 0.3) is 11.6 Å². The molecule has 0 atom stereocenters. The van der Waals surface area contributed by atoms with Gasteiger partial charge in [0.1, 0.15) is 5.75 Å². The van der Waals surface area contributed by atoms with Crippen molar-refractivity contribution in [2.45, 2.75) is 0 Å². The molecule has 7 heteroatoms. The molecular formula is C13H11N3O4. The number of benzene rings is 1. The second-order valence-corrected chi connectivity index (χ2v) is 3.87. The van der Waals surface area contributed by atoms with E-state index in [2.05, 4.69) is 10.3 Å². The van der Waals surface area contributed by atoms with Crippen LogP contribution in [-0.2, 0) is 0 Å². The summed E-state index contributed by atoms with van der Waals surface area (Å²) in [6, 6.07) is 7.14. The maximum Gasteiger partial charge on any atom is 0.275 e. The van der Waals surface area contributed by atoms with Crippen molar-refractivity contribution in [3.8, 4) is 5.75 Å². The van der Waals surface area contributed by atoms with Gasteiger partial charge in [-0.1, -0.05) is 0 Å². The average Bonchev–Trinajstić information content (AvgIpc) is 2.47. The number of anilines is 1. The molecule has 0 unspecified atom stereocenters. The van der Waals surface area contributed by atoms with Crippen LogP contribution in [0.5, 0.6) is 5.75 Å². The highest BCUT2D eigenvalue weighted by Crippen LogP contribution is 2.26. The SMILES string of the molecule is COc1cc(NC(=O)c2ccncc2)cc([N+](=O)[O-])c1. The summed E-state index contributed by atoms with van der Waals surface area (Å²) in [5, 5.41) is 13.4. The van der Waals surface area contributed by atoms with Gasteiger partial charge < -0.3 is 10.1 Å². The standard InChI is InChI=1S/C13H11N3O4/c1-20-12-7-10(6-11(8-12)16(18)19)15-13(17)9-2-4-14-5-3-9/h2-8H,1H3,(H,15,17). The third-order valence-corrected chi connectivity index (χ3v) is 2.54. The number of non-ortho nitro benzene ring substituents is 1. The van der Waals surface area contributed by atoms with Crippen molar-refractivity contribution in [3.63, 3.8) is 0 Å². The number of nitro groups is 1. The Hall–Kier alpha value is -2.96. The van der Waals surface area contributed by atoms with Gasteiger partial charge in [-0.05, 0) is 12.1 Å². The quantitative estimate of drug-likeness (QED) is 0.681. The van der Waals surface area contributed by atoms with E-state index in [1.165, 1.54) is 37.7 Å². The zero-order valence-corrected chi connectivity index (χ0v) is 10.6. The molecule has 2 aromatic rings. The molecule has 0 fully saturated rings. The number of nitrogens with one attached hydrogen (secondary N) is 1. The van der Waals surface area contributed by atoms with Crippen molar-refractivity contribution >= 4 is 17.3 Å². The summed E-state index contributed by atoms with van der Waals surface area (Å²) >= 11 is 0. The summed E-state index contributed by atoms with van der Waals surface area (Å²) in [7, 11) is 1.40. The first kappa shape index (κ1) is 13.5. The predicted octanol–water partition coefficient (Wildman–Crippen LogP) is 2.25. The number of pyridine rings is 1. The molecule has 0 saturated heterocycles. The lowest BCUT2D eigenvalue weighted by atomic mass is 10.2. The number of amides is 1. The van der Waals surface area contributed by atoms with Crippen LogP contribution in [0.1, 0.15) is 10.4 Å². The Labute approximate surface area is 114 Å². The van der Waals surface area contributed by atoms with E-state index in [-0.39, 0.29) is 17.3 Å². The van der Waals surface area contributed by atoms with E-state index >= 15 is 0 Å². The van der Waals surface area contributed by atoms with E-state index in [0.29, 0.717) is 11.3 Å². The molecule has 0 bridgehead atoms. The van der Waals surface area contributed by atoms with Gasteiger partial charge >= 0.3 is 0 Å². The van der Waals surface area contributed by atoms with Crippen LogP contribution < -0.4 is 10.1 Å². The molecule has 0 saturated carbocycles. The zero-order chi connectivity index (χ0) is 14.5. The molecule has 1 N–H and O–H groups in total. The van der Waals surface area contributed by atoms with E-state index < -0.39 is 4.92 Å². The highest BCUT2D eigenvalue weighted by molar-refractivity contribution is 6.04. The molecule has 7 nitrogen and oxygen atoms in total. The number of nitrogens with zero attached hydrogens (tertiary/aromatic N) is 2. The van der Waals surface area contributed by atoms with Crippen LogP contribution >= 0.6 is 0 Å². The predicted molar refractivity (Wildman–Crippen MR) is 71.8 cm³/mol. The van der Waals surface area contributed by atoms with E-state index in [9.17, 15) is 14.9 Å². The highest BCUT2D eigenvalue weighted by atomic mass is 16.6. The van der Waals surface area contributed by atoms with Gasteiger partial charge in [0.05, 0.1) is 23.8 Å². The number of rotatable bonds is 4. The minimum Gasteiger partial charge on any atom is -0.496 e. The molecular weight excluding hydrogens is 262 g/mol. The van der Waals surface area contributed by atoms with Gasteiger partial charge in [-0.3, -0.25) is 19.9 Å². The number of carbonyl (C=O) groups is 1. The minimum atomic E-state index is -0.551. The molecule has 0 aliphatic heterocycles. The largest absolute Gasteiger partial charge is 0.496 e. The molecule has 1 aromatic heterocycles. The van der Waals surface area contributed by atoms with Crippen LogP contribution in [0.3, 0.4) is 0 Å². The first-order valence-electron chi connectivity index (χ1n) is 5.65. The van der Waals surface area contributed by atoms with Crippen LogP contribution in [-0.4, -0.2) is 22.9 Å². The Morgan fingerprint density at radius 3 is 2.60 bits per heavy atom. The summed E-state index contributed by atoms with van der Waals surface area (Å²) in [6.45, 7) is 0. The first-order valence-corrected chi connectivity index (χ1v) is 5.65. The monoisotopic (exact) mass is 273 g/mol. The Morgan fingerprint density at radius 2 is 2.00 bits per heavy atom. The fraction of sp³-hybridized carbons (Fsp3) is 0.0769. The Kier molecular flexibility index (Phi) is 3.90.